The molecule has 0 aliphatic carbocycles. The number of aliphatic carboxylic acids is 1. The Labute approximate surface area is 134 Å². The van der Waals surface area contributed by atoms with Crippen molar-refractivity contribution >= 4 is 23.5 Å². The predicted octanol–water partition coefficient (Wildman–Crippen LogP) is 3.07. The van der Waals surface area contributed by atoms with Gasteiger partial charge in [-0.1, -0.05) is 11.6 Å². The molecule has 6 heteroatoms. The maximum atomic E-state index is 12.7. The number of hydrogen-bond acceptors (Lipinski definition) is 3. The Morgan fingerprint density at radius 2 is 2.14 bits per heavy atom. The van der Waals surface area contributed by atoms with E-state index in [9.17, 15) is 9.59 Å². The van der Waals surface area contributed by atoms with Crippen LogP contribution in [-0.2, 0) is 4.79 Å². The number of nitrogens with zero attached hydrogens (tertiary/aromatic N) is 1. The fourth-order valence-electron chi connectivity index (χ4n) is 2.84. The molecule has 1 aliphatic heterocycles. The van der Waals surface area contributed by atoms with E-state index in [0.29, 0.717) is 35.8 Å². The summed E-state index contributed by atoms with van der Waals surface area (Å²) < 4.78 is 5.23. The number of carboxylic acid groups (broad SMARTS) is 1. The number of rotatable bonds is 4. The molecule has 1 aromatic rings. The molecule has 2 rings (SSSR count). The highest BCUT2D eigenvalue weighted by molar-refractivity contribution is 6.31. The van der Waals surface area contributed by atoms with E-state index in [4.69, 9.17) is 21.4 Å². The Kier molecular flexibility index (Phi) is 5.66. The number of ether oxygens (including phenoxy) is 1. The summed E-state index contributed by atoms with van der Waals surface area (Å²) in [6, 6.07) is 4.98. The summed E-state index contributed by atoms with van der Waals surface area (Å²) in [6.45, 7) is 1.19. The molecule has 1 aliphatic rings. The molecule has 1 amide bonds. The molecule has 0 unspecified atom stereocenters. The lowest BCUT2D eigenvalue weighted by Gasteiger charge is -2.22. The van der Waals surface area contributed by atoms with Gasteiger partial charge < -0.3 is 14.7 Å². The Morgan fingerprint density at radius 1 is 1.36 bits per heavy atom. The molecule has 22 heavy (non-hydrogen) atoms. The molecule has 1 heterocycles. The maximum Gasteiger partial charge on any atom is 0.303 e. The molecular formula is C16H20ClNO4. The van der Waals surface area contributed by atoms with Crippen molar-refractivity contribution in [3.8, 4) is 5.75 Å². The number of hydrogen-bond donors (Lipinski definition) is 1. The molecule has 1 fully saturated rings. The molecule has 1 aromatic carbocycles. The summed E-state index contributed by atoms with van der Waals surface area (Å²) in [7, 11) is 1.52. The smallest absolute Gasteiger partial charge is 0.303 e. The average Bonchev–Trinajstić information content (AvgIpc) is 2.71. The van der Waals surface area contributed by atoms with Gasteiger partial charge in [0.1, 0.15) is 5.75 Å². The van der Waals surface area contributed by atoms with Crippen molar-refractivity contribution in [3.05, 3.63) is 28.8 Å². The van der Waals surface area contributed by atoms with Gasteiger partial charge >= 0.3 is 5.97 Å². The normalized spacial score (nSPS) is 18.6. The summed E-state index contributed by atoms with van der Waals surface area (Å²) in [5, 5.41) is 9.39. The fraction of sp³-hybridized carbons (Fsp3) is 0.500. The van der Waals surface area contributed by atoms with E-state index in [1.807, 2.05) is 0 Å². The van der Waals surface area contributed by atoms with Crippen molar-refractivity contribution < 1.29 is 19.4 Å². The summed E-state index contributed by atoms with van der Waals surface area (Å²) >= 11 is 5.98. The molecule has 0 bridgehead atoms. The zero-order chi connectivity index (χ0) is 16.1. The standard InChI is InChI=1S/C16H20ClNO4/c1-22-14-5-4-12(17)10-13(14)16(21)18-7-2-3-11(6-8-18)9-15(19)20/h4-5,10-11H,2-3,6-9H2,1H3,(H,19,20)/t11-/m1/s1. The Morgan fingerprint density at radius 3 is 2.82 bits per heavy atom. The van der Waals surface area contributed by atoms with Gasteiger partial charge in [0.25, 0.3) is 5.91 Å². The fourth-order valence-corrected chi connectivity index (χ4v) is 3.01. The Hall–Kier alpha value is -1.75. The van der Waals surface area contributed by atoms with Crippen LogP contribution < -0.4 is 4.74 Å². The zero-order valence-corrected chi connectivity index (χ0v) is 13.3. The van der Waals surface area contributed by atoms with Crippen LogP contribution in [0.4, 0.5) is 0 Å². The molecule has 1 atom stereocenters. The van der Waals surface area contributed by atoms with Crippen molar-refractivity contribution in [2.24, 2.45) is 5.92 Å². The van der Waals surface area contributed by atoms with Crippen molar-refractivity contribution in [3.63, 3.8) is 0 Å². The minimum atomic E-state index is -0.777. The lowest BCUT2D eigenvalue weighted by atomic mass is 9.97. The van der Waals surface area contributed by atoms with E-state index >= 15 is 0 Å². The van der Waals surface area contributed by atoms with Crippen molar-refractivity contribution in [2.75, 3.05) is 20.2 Å². The van der Waals surface area contributed by atoms with E-state index < -0.39 is 5.97 Å². The van der Waals surface area contributed by atoms with Crippen molar-refractivity contribution in [2.45, 2.75) is 25.7 Å². The number of likely N-dealkylation sites (tertiary alicyclic amines) is 1. The van der Waals surface area contributed by atoms with Crippen LogP contribution in [0.3, 0.4) is 0 Å². The highest BCUT2D eigenvalue weighted by atomic mass is 35.5. The number of methoxy groups -OCH3 is 1. The van der Waals surface area contributed by atoms with Crippen LogP contribution in [-0.4, -0.2) is 42.1 Å². The molecule has 1 saturated heterocycles. The van der Waals surface area contributed by atoms with Crippen LogP contribution in [0.1, 0.15) is 36.0 Å². The molecule has 5 nitrogen and oxygen atoms in total. The van der Waals surface area contributed by atoms with E-state index in [-0.39, 0.29) is 18.2 Å². The van der Waals surface area contributed by atoms with Crippen LogP contribution in [0.5, 0.6) is 5.75 Å². The summed E-state index contributed by atoms with van der Waals surface area (Å²) in [6.07, 6.45) is 2.53. The van der Waals surface area contributed by atoms with Crippen LogP contribution >= 0.6 is 11.6 Å². The topological polar surface area (TPSA) is 66.8 Å². The van der Waals surface area contributed by atoms with Gasteiger partial charge in [-0.3, -0.25) is 9.59 Å². The summed E-state index contributed by atoms with van der Waals surface area (Å²) in [5.74, 6) is -0.256. The quantitative estimate of drug-likeness (QED) is 0.923. The first kappa shape index (κ1) is 16.6. The van der Waals surface area contributed by atoms with Crippen molar-refractivity contribution in [1.82, 2.24) is 4.90 Å². The highest BCUT2D eigenvalue weighted by Gasteiger charge is 2.24. The second-order valence-electron chi connectivity index (χ2n) is 5.53. The van der Waals surface area contributed by atoms with Gasteiger partial charge in [0.15, 0.2) is 0 Å². The third kappa shape index (κ3) is 4.13. The van der Waals surface area contributed by atoms with Gasteiger partial charge in [0, 0.05) is 24.5 Å². The van der Waals surface area contributed by atoms with Crippen molar-refractivity contribution in [1.29, 1.82) is 0 Å². The first-order valence-corrected chi connectivity index (χ1v) is 7.73. The second-order valence-corrected chi connectivity index (χ2v) is 5.97. The minimum Gasteiger partial charge on any atom is -0.496 e. The van der Waals surface area contributed by atoms with E-state index in [2.05, 4.69) is 0 Å². The van der Waals surface area contributed by atoms with Gasteiger partial charge in [-0.2, -0.15) is 0 Å². The molecular weight excluding hydrogens is 306 g/mol. The van der Waals surface area contributed by atoms with Crippen LogP contribution in [0.25, 0.3) is 0 Å². The maximum absolute atomic E-state index is 12.7. The third-order valence-corrected chi connectivity index (χ3v) is 4.23. The largest absolute Gasteiger partial charge is 0.496 e. The second kappa shape index (κ2) is 7.49. The Bertz CT molecular complexity index is 561. The first-order chi connectivity index (χ1) is 10.5. The lowest BCUT2D eigenvalue weighted by molar-refractivity contribution is -0.138. The van der Waals surface area contributed by atoms with E-state index in [1.54, 1.807) is 23.1 Å². The minimum absolute atomic E-state index is 0.115. The van der Waals surface area contributed by atoms with Crippen LogP contribution in [0.15, 0.2) is 18.2 Å². The molecule has 1 N–H and O–H groups in total. The molecule has 0 aromatic heterocycles. The van der Waals surface area contributed by atoms with E-state index in [0.717, 1.165) is 12.8 Å². The monoisotopic (exact) mass is 325 g/mol. The van der Waals surface area contributed by atoms with Gasteiger partial charge in [-0.05, 0) is 43.4 Å². The predicted molar refractivity (Wildman–Crippen MR) is 83.5 cm³/mol. The highest BCUT2D eigenvalue weighted by Crippen LogP contribution is 2.26. The van der Waals surface area contributed by atoms with Crippen LogP contribution in [0.2, 0.25) is 5.02 Å². The van der Waals surface area contributed by atoms with Crippen LogP contribution in [0, 0.1) is 5.92 Å². The molecule has 0 saturated carbocycles. The first-order valence-electron chi connectivity index (χ1n) is 7.36. The SMILES string of the molecule is COc1ccc(Cl)cc1C(=O)N1CCC[C@@H](CC(=O)O)CC1. The van der Waals surface area contributed by atoms with Gasteiger partial charge in [0.05, 0.1) is 12.7 Å². The number of carbonyl (C=O) groups is 2. The summed E-state index contributed by atoms with van der Waals surface area (Å²) in [4.78, 5) is 25.3. The molecule has 0 radical (unpaired) electrons. The van der Waals surface area contributed by atoms with E-state index in [1.165, 1.54) is 7.11 Å². The van der Waals surface area contributed by atoms with Gasteiger partial charge in [-0.15, -0.1) is 0 Å². The number of carboxylic acids is 1. The molecule has 120 valence electrons. The number of benzene rings is 1. The third-order valence-electron chi connectivity index (χ3n) is 3.99. The van der Waals surface area contributed by atoms with Gasteiger partial charge in [-0.25, -0.2) is 0 Å². The average molecular weight is 326 g/mol. The lowest BCUT2D eigenvalue weighted by Crippen LogP contribution is -2.32. The molecule has 0 spiro atoms. The Balaban J connectivity index is 2.10. The zero-order valence-electron chi connectivity index (χ0n) is 12.5. The number of carbonyl (C=O) groups excluding carboxylic acids is 1. The number of halogens is 1. The summed E-state index contributed by atoms with van der Waals surface area (Å²) in [5.41, 5.74) is 0.451. The number of amides is 1. The van der Waals surface area contributed by atoms with Gasteiger partial charge in [0.2, 0.25) is 0 Å².